The van der Waals surface area contributed by atoms with Gasteiger partial charge in [0.2, 0.25) is 5.91 Å². The van der Waals surface area contributed by atoms with E-state index in [4.69, 9.17) is 4.74 Å². The van der Waals surface area contributed by atoms with Gasteiger partial charge >= 0.3 is 12.1 Å². The molecule has 4 amide bonds. The molecular formula is C32H41N5O5S. The van der Waals surface area contributed by atoms with Gasteiger partial charge in [0.1, 0.15) is 12.6 Å². The number of rotatable bonds is 14. The predicted octanol–water partition coefficient (Wildman–Crippen LogP) is 3.90. The van der Waals surface area contributed by atoms with E-state index in [9.17, 15) is 19.5 Å². The molecule has 1 fully saturated rings. The van der Waals surface area contributed by atoms with Gasteiger partial charge in [-0.25, -0.2) is 9.59 Å². The van der Waals surface area contributed by atoms with Crippen molar-refractivity contribution in [1.29, 1.82) is 0 Å². The summed E-state index contributed by atoms with van der Waals surface area (Å²) in [5, 5.41) is 20.4. The zero-order valence-corrected chi connectivity index (χ0v) is 25.5. The lowest BCUT2D eigenvalue weighted by Crippen LogP contribution is -2.59. The number of aliphatic hydroxyl groups is 1. The van der Waals surface area contributed by atoms with E-state index >= 15 is 0 Å². The summed E-state index contributed by atoms with van der Waals surface area (Å²) in [6, 6.07) is 17.3. The number of hydrogen-bond donors (Lipinski definition) is 4. The van der Waals surface area contributed by atoms with Crippen LogP contribution in [0.1, 0.15) is 42.7 Å². The molecule has 0 radical (unpaired) electrons. The first-order valence-corrected chi connectivity index (χ1v) is 15.6. The molecular weight excluding hydrogens is 566 g/mol. The van der Waals surface area contributed by atoms with Gasteiger partial charge in [0, 0.05) is 25.3 Å². The number of aromatic nitrogens is 1. The Morgan fingerprint density at radius 2 is 1.72 bits per heavy atom. The highest BCUT2D eigenvalue weighted by Gasteiger charge is 2.35. The lowest BCUT2D eigenvalue weighted by atomic mass is 9.93. The minimum atomic E-state index is -1.01. The number of carbonyl (C=O) groups excluding carboxylic acids is 3. The fourth-order valence-corrected chi connectivity index (χ4v) is 5.85. The summed E-state index contributed by atoms with van der Waals surface area (Å²) in [5.41, 5.74) is 3.60. The van der Waals surface area contributed by atoms with E-state index in [1.165, 1.54) is 11.3 Å². The molecule has 3 aromatic rings. The molecule has 4 atom stereocenters. The molecule has 0 bridgehead atoms. The van der Waals surface area contributed by atoms with Crippen molar-refractivity contribution in [3.05, 3.63) is 88.4 Å². The second-order valence-electron chi connectivity index (χ2n) is 11.2. The Bertz CT molecular complexity index is 1290. The minimum absolute atomic E-state index is 0.0814. The average molecular weight is 608 g/mol. The number of hydrogen-bond acceptors (Lipinski definition) is 7. The van der Waals surface area contributed by atoms with Crippen molar-refractivity contribution >= 4 is 29.4 Å². The molecule has 10 nitrogen and oxygen atoms in total. The minimum Gasteiger partial charge on any atom is -0.444 e. The molecule has 230 valence electrons. The SMILES string of the molecule is CC(C)[C@@H](C(=O)N[C@@H](Cc1ccccc1)C[C@@H](O)[C@H](Cc1ccccc1)NC(=O)OCc1cncs1)N1CCCNC1=O. The molecule has 1 saturated heterocycles. The van der Waals surface area contributed by atoms with Crippen molar-refractivity contribution in [2.45, 2.75) is 70.4 Å². The average Bonchev–Trinajstić information content (AvgIpc) is 3.52. The van der Waals surface area contributed by atoms with Crippen molar-refractivity contribution in [2.24, 2.45) is 5.92 Å². The second-order valence-corrected chi connectivity index (χ2v) is 12.1. The molecule has 4 rings (SSSR count). The number of carbonyl (C=O) groups is 3. The third kappa shape index (κ3) is 9.79. The van der Waals surface area contributed by atoms with Gasteiger partial charge in [-0.3, -0.25) is 9.78 Å². The van der Waals surface area contributed by atoms with Gasteiger partial charge in [-0.1, -0.05) is 74.5 Å². The Balaban J connectivity index is 1.51. The van der Waals surface area contributed by atoms with E-state index in [1.54, 1.807) is 16.6 Å². The van der Waals surface area contributed by atoms with E-state index in [2.05, 4.69) is 20.9 Å². The number of aliphatic hydroxyl groups excluding tert-OH is 1. The summed E-state index contributed by atoms with van der Waals surface area (Å²) in [7, 11) is 0. The van der Waals surface area contributed by atoms with Crippen LogP contribution in [0.5, 0.6) is 0 Å². The van der Waals surface area contributed by atoms with Crippen LogP contribution in [0.4, 0.5) is 9.59 Å². The fourth-order valence-electron chi connectivity index (χ4n) is 5.35. The zero-order valence-electron chi connectivity index (χ0n) is 24.6. The van der Waals surface area contributed by atoms with Crippen molar-refractivity contribution in [1.82, 2.24) is 25.8 Å². The number of nitrogens with zero attached hydrogens (tertiary/aromatic N) is 2. The van der Waals surface area contributed by atoms with Crippen molar-refractivity contribution in [2.75, 3.05) is 13.1 Å². The number of alkyl carbamates (subject to hydrolysis) is 1. The van der Waals surface area contributed by atoms with Gasteiger partial charge in [0.25, 0.3) is 0 Å². The van der Waals surface area contributed by atoms with Crippen LogP contribution in [-0.4, -0.2) is 70.3 Å². The summed E-state index contributed by atoms with van der Waals surface area (Å²) >= 11 is 1.39. The number of nitrogens with one attached hydrogen (secondary N) is 3. The summed E-state index contributed by atoms with van der Waals surface area (Å²) in [5.74, 6) is -0.385. The lowest BCUT2D eigenvalue weighted by molar-refractivity contribution is -0.128. The summed E-state index contributed by atoms with van der Waals surface area (Å²) in [6.45, 7) is 5.02. The molecule has 0 aliphatic carbocycles. The normalized spacial score (nSPS) is 16.1. The number of urea groups is 1. The van der Waals surface area contributed by atoms with Crippen molar-refractivity contribution < 1.29 is 24.2 Å². The standard InChI is InChI=1S/C32H41N5O5S/c1-22(2)29(37-15-9-14-34-31(37)40)30(39)35-25(16-23-10-5-3-6-11-23)18-28(38)27(17-24-12-7-4-8-13-24)36-32(41)42-20-26-19-33-21-43-26/h3-8,10-13,19,21-22,25,27-29,38H,9,14-18,20H2,1-2H3,(H,34,40)(H,35,39)(H,36,41)/t25-,27-,28+,29-/m0/s1. The van der Waals surface area contributed by atoms with Gasteiger partial charge in [-0.05, 0) is 42.7 Å². The summed E-state index contributed by atoms with van der Waals surface area (Å²) in [4.78, 5) is 45.6. The predicted molar refractivity (Wildman–Crippen MR) is 165 cm³/mol. The number of benzene rings is 2. The molecule has 2 heterocycles. The van der Waals surface area contributed by atoms with E-state index in [1.807, 2.05) is 74.5 Å². The quantitative estimate of drug-likeness (QED) is 0.220. The first-order chi connectivity index (χ1) is 20.8. The molecule has 2 aromatic carbocycles. The third-order valence-electron chi connectivity index (χ3n) is 7.44. The Labute approximate surface area is 256 Å². The van der Waals surface area contributed by atoms with Crippen LogP contribution in [0.15, 0.2) is 72.4 Å². The molecule has 0 saturated carbocycles. The van der Waals surface area contributed by atoms with E-state index in [0.29, 0.717) is 25.9 Å². The van der Waals surface area contributed by atoms with Gasteiger partial charge < -0.3 is 30.7 Å². The monoisotopic (exact) mass is 607 g/mol. The highest BCUT2D eigenvalue weighted by Crippen LogP contribution is 2.18. The molecule has 0 spiro atoms. The number of amides is 4. The summed E-state index contributed by atoms with van der Waals surface area (Å²) in [6.07, 6.45) is 1.75. The maximum Gasteiger partial charge on any atom is 0.407 e. The highest BCUT2D eigenvalue weighted by molar-refractivity contribution is 7.09. The molecule has 0 unspecified atom stereocenters. The topological polar surface area (TPSA) is 133 Å². The van der Waals surface area contributed by atoms with Gasteiger partial charge in [-0.15, -0.1) is 11.3 Å². The maximum absolute atomic E-state index is 13.7. The summed E-state index contributed by atoms with van der Waals surface area (Å²) < 4.78 is 5.40. The van der Waals surface area contributed by atoms with Crippen molar-refractivity contribution in [3.8, 4) is 0 Å². The Morgan fingerprint density at radius 1 is 1.05 bits per heavy atom. The maximum atomic E-state index is 13.7. The largest absolute Gasteiger partial charge is 0.444 e. The molecule has 1 aliphatic rings. The van der Waals surface area contributed by atoms with Crippen LogP contribution in [0.2, 0.25) is 0 Å². The molecule has 43 heavy (non-hydrogen) atoms. The van der Waals surface area contributed by atoms with Crippen molar-refractivity contribution in [3.63, 3.8) is 0 Å². The lowest BCUT2D eigenvalue weighted by Gasteiger charge is -2.37. The highest BCUT2D eigenvalue weighted by atomic mass is 32.1. The smallest absolute Gasteiger partial charge is 0.407 e. The van der Waals surface area contributed by atoms with E-state index < -0.39 is 30.3 Å². The molecule has 1 aromatic heterocycles. The van der Waals surface area contributed by atoms with Gasteiger partial charge in [0.05, 0.1) is 22.5 Å². The second kappa shape index (κ2) is 16.0. The van der Waals surface area contributed by atoms with Crippen LogP contribution in [0, 0.1) is 5.92 Å². The number of thiazole rings is 1. The first-order valence-electron chi connectivity index (χ1n) is 14.7. The molecule has 11 heteroatoms. The van der Waals surface area contributed by atoms with Gasteiger partial charge in [-0.2, -0.15) is 0 Å². The Morgan fingerprint density at radius 3 is 2.33 bits per heavy atom. The fraction of sp³-hybridized carbons (Fsp3) is 0.438. The van der Waals surface area contributed by atoms with Crippen LogP contribution < -0.4 is 16.0 Å². The first kappa shape index (κ1) is 32.0. The van der Waals surface area contributed by atoms with Crippen LogP contribution in [0.3, 0.4) is 0 Å². The third-order valence-corrected chi connectivity index (χ3v) is 8.19. The number of ether oxygens (including phenoxy) is 1. The molecule has 1 aliphatic heterocycles. The van der Waals surface area contributed by atoms with E-state index in [-0.39, 0.29) is 30.9 Å². The van der Waals surface area contributed by atoms with Crippen LogP contribution in [0.25, 0.3) is 0 Å². The Hall–Kier alpha value is -3.96. The van der Waals surface area contributed by atoms with Crippen LogP contribution >= 0.6 is 11.3 Å². The molecule has 4 N–H and O–H groups in total. The zero-order chi connectivity index (χ0) is 30.6. The Kier molecular flexibility index (Phi) is 11.9. The van der Waals surface area contributed by atoms with E-state index in [0.717, 1.165) is 22.4 Å². The van der Waals surface area contributed by atoms with Gasteiger partial charge in [0.15, 0.2) is 0 Å². The van der Waals surface area contributed by atoms with Crippen LogP contribution in [-0.2, 0) is 29.0 Å².